The summed E-state index contributed by atoms with van der Waals surface area (Å²) in [5.74, 6) is -7.87. The summed E-state index contributed by atoms with van der Waals surface area (Å²) in [5, 5.41) is 160. The second-order valence-corrected chi connectivity index (χ2v) is 17.0. The van der Waals surface area contributed by atoms with E-state index in [0.717, 1.165) is 19.9 Å². The molecular formula is C40H66N3NaO26. The maximum Gasteiger partial charge on any atom is 1.00 e. The predicted molar refractivity (Wildman–Crippen MR) is 218 cm³/mol. The van der Waals surface area contributed by atoms with Crippen molar-refractivity contribution in [1.29, 1.82) is 0 Å². The van der Waals surface area contributed by atoms with Crippen LogP contribution in [-0.4, -0.2) is 264 Å². The molecule has 4 aliphatic rings. The minimum absolute atomic E-state index is 0. The van der Waals surface area contributed by atoms with Crippen LogP contribution in [0.3, 0.4) is 0 Å². The maximum absolute atomic E-state index is 13.2. The average molecular weight is 1030 g/mol. The Morgan fingerprint density at radius 3 is 1.86 bits per heavy atom. The van der Waals surface area contributed by atoms with Crippen LogP contribution in [0, 0.1) is 0 Å². The fraction of sp³-hybridized carbons (Fsp3) is 0.850. The SMILES string of the molecule is C=C[C@@H](O)[C@H](CO[C@@H]1O[C@H](CO)[C@@H](O[C@@H]2O[C@H](CO)[C@H](O[C@@H]3O[C@H](CO)[C@H](O)[C@H](O)[C@H]3NC(C)=O)[C@H](O[C@]3(C(=O)[O-])C[C@H](O)[C@@H](NC(C)=O)[C@H]([C@H](O)[C@H](O)CO)O3)[C@H]2O)[C@H](O)[C@H]1O)NC(=O)CCC.[Na+]. The van der Waals surface area contributed by atoms with Crippen molar-refractivity contribution in [2.24, 2.45) is 0 Å². The van der Waals surface area contributed by atoms with Crippen LogP contribution >= 0.6 is 0 Å². The molecule has 0 aliphatic carbocycles. The number of amides is 3. The molecule has 0 aromatic rings. The van der Waals surface area contributed by atoms with Crippen LogP contribution in [0.15, 0.2) is 12.7 Å². The first-order valence-electron chi connectivity index (χ1n) is 22.0. The molecule has 3 amide bonds. The van der Waals surface area contributed by atoms with Gasteiger partial charge in [-0.3, -0.25) is 14.4 Å². The number of hydrogen-bond acceptors (Lipinski definition) is 26. The Morgan fingerprint density at radius 2 is 1.31 bits per heavy atom. The van der Waals surface area contributed by atoms with E-state index in [1.54, 1.807) is 6.92 Å². The molecule has 4 saturated heterocycles. The van der Waals surface area contributed by atoms with Gasteiger partial charge in [0.2, 0.25) is 23.5 Å². The summed E-state index contributed by atoms with van der Waals surface area (Å²) in [6.07, 6.45) is -37.8. The van der Waals surface area contributed by atoms with Crippen molar-refractivity contribution in [3.63, 3.8) is 0 Å². The molecule has 4 fully saturated rings. The van der Waals surface area contributed by atoms with Gasteiger partial charge in [0.15, 0.2) is 18.9 Å². The van der Waals surface area contributed by atoms with E-state index in [1.807, 2.05) is 0 Å². The fourth-order valence-electron chi connectivity index (χ4n) is 8.26. The van der Waals surface area contributed by atoms with Gasteiger partial charge in [0.1, 0.15) is 97.5 Å². The van der Waals surface area contributed by atoms with Gasteiger partial charge in [-0.1, -0.05) is 13.0 Å². The van der Waals surface area contributed by atoms with Crippen LogP contribution in [0.1, 0.15) is 40.0 Å². The Balaban J connectivity index is 0.0000130. The molecule has 4 aliphatic heterocycles. The van der Waals surface area contributed by atoms with Gasteiger partial charge in [-0.15, -0.1) is 6.58 Å². The Hall–Kier alpha value is -2.22. The van der Waals surface area contributed by atoms with Crippen molar-refractivity contribution >= 4 is 23.7 Å². The molecule has 0 saturated carbocycles. The van der Waals surface area contributed by atoms with Crippen molar-refractivity contribution in [1.82, 2.24) is 16.0 Å². The van der Waals surface area contributed by atoms with Gasteiger partial charge in [0, 0.05) is 26.7 Å². The van der Waals surface area contributed by atoms with Gasteiger partial charge in [-0.2, -0.15) is 0 Å². The zero-order valence-corrected chi connectivity index (χ0v) is 40.8. The Morgan fingerprint density at radius 1 is 0.757 bits per heavy atom. The van der Waals surface area contributed by atoms with Crippen molar-refractivity contribution in [3.05, 3.63) is 12.7 Å². The largest absolute Gasteiger partial charge is 1.00 e. The number of nitrogens with one attached hydrogen (secondary N) is 3. The van der Waals surface area contributed by atoms with Gasteiger partial charge in [0.05, 0.1) is 57.3 Å². The van der Waals surface area contributed by atoms with Gasteiger partial charge in [-0.25, -0.2) is 0 Å². The summed E-state index contributed by atoms with van der Waals surface area (Å²) >= 11 is 0. The van der Waals surface area contributed by atoms with E-state index in [1.165, 1.54) is 0 Å². The third-order valence-corrected chi connectivity index (χ3v) is 11.9. The number of carboxylic acids is 1. The third-order valence-electron chi connectivity index (χ3n) is 11.9. The quantitative estimate of drug-likeness (QED) is 0.0334. The van der Waals surface area contributed by atoms with E-state index in [0.29, 0.717) is 6.42 Å². The number of carboxylic acid groups (broad SMARTS) is 1. The number of ether oxygens (including phenoxy) is 8. The molecule has 0 aromatic carbocycles. The molecule has 4 rings (SSSR count). The van der Waals surface area contributed by atoms with Gasteiger partial charge < -0.3 is 130 Å². The molecule has 29 nitrogen and oxygen atoms in total. The van der Waals surface area contributed by atoms with E-state index in [-0.39, 0.29) is 36.0 Å². The molecule has 398 valence electrons. The first kappa shape index (κ1) is 62.1. The van der Waals surface area contributed by atoms with Gasteiger partial charge in [-0.05, 0) is 6.42 Å². The van der Waals surface area contributed by atoms with Gasteiger partial charge in [0.25, 0.3) is 0 Å². The first-order valence-corrected chi connectivity index (χ1v) is 22.0. The fourth-order valence-corrected chi connectivity index (χ4v) is 8.26. The number of carbonyl (C=O) groups excluding carboxylic acids is 4. The molecule has 0 unspecified atom stereocenters. The van der Waals surface area contributed by atoms with Crippen LogP contribution in [0.4, 0.5) is 0 Å². The summed E-state index contributed by atoms with van der Waals surface area (Å²) in [7, 11) is 0. The molecule has 0 bridgehead atoms. The minimum atomic E-state index is -3.38. The Kier molecular flexibility index (Phi) is 24.7. The zero-order chi connectivity index (χ0) is 51.7. The molecule has 0 aromatic heterocycles. The summed E-state index contributed by atoms with van der Waals surface area (Å²) in [6, 6.07) is -4.58. The van der Waals surface area contributed by atoms with E-state index in [2.05, 4.69) is 22.5 Å². The Labute approximate surface area is 422 Å². The summed E-state index contributed by atoms with van der Waals surface area (Å²) in [4.78, 5) is 50.0. The molecule has 30 heteroatoms. The zero-order valence-electron chi connectivity index (χ0n) is 38.8. The summed E-state index contributed by atoms with van der Waals surface area (Å²) in [5.41, 5.74) is 0. The summed E-state index contributed by atoms with van der Waals surface area (Å²) < 4.78 is 46.3. The molecule has 0 spiro atoms. The monoisotopic (exact) mass is 1030 g/mol. The molecule has 70 heavy (non-hydrogen) atoms. The minimum Gasteiger partial charge on any atom is -0.544 e. The van der Waals surface area contributed by atoms with E-state index >= 15 is 0 Å². The second kappa shape index (κ2) is 27.9. The number of hydrogen-bond donors (Lipinski definition) is 16. The van der Waals surface area contributed by atoms with E-state index in [9.17, 15) is 90.7 Å². The molecule has 0 radical (unpaired) electrons. The van der Waals surface area contributed by atoms with Crippen LogP contribution in [0.5, 0.6) is 0 Å². The topological polar surface area (TPSA) is 464 Å². The Bertz CT molecular complexity index is 1690. The predicted octanol–water partition coefficient (Wildman–Crippen LogP) is -13.7. The second-order valence-electron chi connectivity index (χ2n) is 17.0. The standard InChI is InChI=1S/C40H67N3O26.Na/c1-5-7-23(53)43-16(17(50)6-2)13-62-37-30(58)29(57)32(21(11-46)64-37)66-38-31(59)35(33(22(12-47)65-38)67-36-25(42-15(4)49)28(56)27(55)20(10-45)63-36)69-40(39(60)61)8-18(51)24(41-14(3)48)34(68-40)26(54)19(52)9-44;/h6,16-22,24-38,44-47,50-52,54-59H,2,5,7-13H2,1,3-4H3,(H,41,48)(H,42,49)(H,43,53)(H,60,61);/q;+1/p-1/t16-,17+,18-,19+,20+,21+,22+,24+,25+,26+,27-,28+,29+,30+,31+,32+,33-,34+,35+,36-,37+,38-,40-;/m0./s1. The molecule has 16 N–H and O–H groups in total. The number of rotatable bonds is 23. The normalized spacial score (nSPS) is 39.5. The average Bonchev–Trinajstić information content (AvgIpc) is 3.30. The van der Waals surface area contributed by atoms with Crippen LogP contribution < -0.4 is 50.6 Å². The maximum atomic E-state index is 13.2. The van der Waals surface area contributed by atoms with Crippen molar-refractivity contribution in [3.8, 4) is 0 Å². The number of carbonyl (C=O) groups is 4. The van der Waals surface area contributed by atoms with Crippen LogP contribution in [-0.2, 0) is 57.1 Å². The van der Waals surface area contributed by atoms with E-state index < -0.39 is 204 Å². The van der Waals surface area contributed by atoms with Crippen LogP contribution in [0.2, 0.25) is 0 Å². The van der Waals surface area contributed by atoms with Crippen molar-refractivity contribution in [2.75, 3.05) is 33.0 Å². The smallest absolute Gasteiger partial charge is 0.544 e. The number of aliphatic hydroxyl groups excluding tert-OH is 13. The van der Waals surface area contributed by atoms with E-state index in [4.69, 9.17) is 37.9 Å². The first-order chi connectivity index (χ1) is 32.5. The number of aliphatic hydroxyl groups is 13. The van der Waals surface area contributed by atoms with Crippen molar-refractivity contribution in [2.45, 2.75) is 180 Å². The van der Waals surface area contributed by atoms with Gasteiger partial charge >= 0.3 is 29.6 Å². The van der Waals surface area contributed by atoms with Crippen LogP contribution in [0.25, 0.3) is 0 Å². The molecule has 23 atom stereocenters. The molecular weight excluding hydrogens is 961 g/mol. The summed E-state index contributed by atoms with van der Waals surface area (Å²) in [6.45, 7) is 2.34. The number of aliphatic carboxylic acids is 1. The third kappa shape index (κ3) is 14.8. The van der Waals surface area contributed by atoms with Crippen molar-refractivity contribution < 1.29 is 158 Å². The molecule has 4 heterocycles.